The fourth-order valence-electron chi connectivity index (χ4n) is 3.16. The molecule has 4 rings (SSSR count). The first kappa shape index (κ1) is 22.0. The van der Waals surface area contributed by atoms with Gasteiger partial charge in [0.2, 0.25) is 5.91 Å². The minimum atomic E-state index is -0.687. The molecular weight excluding hydrogens is 451 g/mol. The summed E-state index contributed by atoms with van der Waals surface area (Å²) in [5, 5.41) is 2.47. The Morgan fingerprint density at radius 3 is 2.56 bits per heavy atom. The number of anilines is 1. The second kappa shape index (κ2) is 9.09. The van der Waals surface area contributed by atoms with Crippen molar-refractivity contribution in [2.24, 2.45) is 0 Å². The van der Waals surface area contributed by atoms with Crippen molar-refractivity contribution in [3.63, 3.8) is 0 Å². The Labute approximate surface area is 190 Å². The SMILES string of the molecule is CCSc1nc2c(s1)c(=O)n(-c1ccc(C)cc1)c(=O)n2CC(=O)Nc1ccccc1F. The molecule has 0 unspecified atom stereocenters. The van der Waals surface area contributed by atoms with Crippen LogP contribution in [0.4, 0.5) is 10.1 Å². The van der Waals surface area contributed by atoms with Crippen LogP contribution in [0.3, 0.4) is 0 Å². The third-order valence-corrected chi connectivity index (χ3v) is 6.73. The van der Waals surface area contributed by atoms with Crippen LogP contribution in [0.5, 0.6) is 0 Å². The number of aromatic nitrogens is 3. The lowest BCUT2D eigenvalue weighted by Gasteiger charge is -2.12. The Balaban J connectivity index is 1.85. The van der Waals surface area contributed by atoms with Crippen molar-refractivity contribution in [2.45, 2.75) is 24.7 Å². The number of hydrogen-bond donors (Lipinski definition) is 1. The van der Waals surface area contributed by atoms with Gasteiger partial charge in [0.05, 0.1) is 11.4 Å². The summed E-state index contributed by atoms with van der Waals surface area (Å²) in [5.41, 5.74) is 0.358. The third-order valence-electron chi connectivity index (χ3n) is 4.67. The van der Waals surface area contributed by atoms with Gasteiger partial charge in [0.15, 0.2) is 9.99 Å². The number of hydrogen-bond acceptors (Lipinski definition) is 6. The molecule has 0 fully saturated rings. The first-order valence-electron chi connectivity index (χ1n) is 9.79. The number of aryl methyl sites for hydroxylation is 1. The van der Waals surface area contributed by atoms with E-state index >= 15 is 0 Å². The topological polar surface area (TPSA) is 86.0 Å². The highest BCUT2D eigenvalue weighted by atomic mass is 32.2. The number of carbonyl (C=O) groups is 1. The molecule has 0 aliphatic heterocycles. The van der Waals surface area contributed by atoms with Gasteiger partial charge in [-0.05, 0) is 36.9 Å². The molecule has 1 amide bonds. The fraction of sp³-hybridized carbons (Fsp3) is 0.182. The Hall–Kier alpha value is -3.24. The highest BCUT2D eigenvalue weighted by molar-refractivity contribution is 8.01. The molecule has 164 valence electrons. The number of rotatable bonds is 6. The predicted molar refractivity (Wildman–Crippen MR) is 126 cm³/mol. The summed E-state index contributed by atoms with van der Waals surface area (Å²) in [4.78, 5) is 43.6. The molecule has 0 aliphatic carbocycles. The molecule has 0 aliphatic rings. The molecular formula is C22H19FN4O3S2. The Morgan fingerprint density at radius 2 is 1.88 bits per heavy atom. The number of nitrogens with zero attached hydrogens (tertiary/aromatic N) is 3. The highest BCUT2D eigenvalue weighted by Gasteiger charge is 2.21. The molecule has 0 bridgehead atoms. The van der Waals surface area contributed by atoms with E-state index in [1.54, 1.807) is 30.3 Å². The van der Waals surface area contributed by atoms with Crippen LogP contribution in [-0.4, -0.2) is 25.8 Å². The number of nitrogens with one attached hydrogen (secondary N) is 1. The van der Waals surface area contributed by atoms with Gasteiger partial charge in [0, 0.05) is 0 Å². The average Bonchev–Trinajstić information content (AvgIpc) is 3.19. The maximum Gasteiger partial charge on any atom is 0.337 e. The van der Waals surface area contributed by atoms with Gasteiger partial charge in [-0.3, -0.25) is 14.2 Å². The number of benzene rings is 2. The van der Waals surface area contributed by atoms with Crippen LogP contribution in [-0.2, 0) is 11.3 Å². The van der Waals surface area contributed by atoms with E-state index in [2.05, 4.69) is 10.3 Å². The smallest absolute Gasteiger partial charge is 0.322 e. The summed E-state index contributed by atoms with van der Waals surface area (Å²) >= 11 is 2.63. The molecule has 0 radical (unpaired) electrons. The van der Waals surface area contributed by atoms with Gasteiger partial charge in [-0.1, -0.05) is 48.5 Å². The zero-order chi connectivity index (χ0) is 22.8. The molecule has 7 nitrogen and oxygen atoms in total. The van der Waals surface area contributed by atoms with E-state index in [0.29, 0.717) is 10.0 Å². The second-order valence-electron chi connectivity index (χ2n) is 6.94. The second-order valence-corrected chi connectivity index (χ2v) is 9.45. The number of thiazole rings is 1. The van der Waals surface area contributed by atoms with Crippen molar-refractivity contribution in [1.82, 2.24) is 14.1 Å². The van der Waals surface area contributed by atoms with E-state index in [0.717, 1.165) is 20.5 Å². The molecule has 2 heterocycles. The standard InChI is InChI=1S/C22H19FN4O3S2/c1-3-31-21-25-19-18(32-21)20(29)27(14-10-8-13(2)9-11-14)22(30)26(19)12-17(28)24-16-7-5-4-6-15(16)23/h4-11H,3,12H2,1-2H3,(H,24,28). The van der Waals surface area contributed by atoms with E-state index in [1.807, 2.05) is 13.8 Å². The van der Waals surface area contributed by atoms with Gasteiger partial charge in [-0.2, -0.15) is 0 Å². The zero-order valence-corrected chi connectivity index (χ0v) is 18.9. The van der Waals surface area contributed by atoms with Crippen LogP contribution < -0.4 is 16.6 Å². The quantitative estimate of drug-likeness (QED) is 0.433. The molecule has 2 aromatic carbocycles. The summed E-state index contributed by atoms with van der Waals surface area (Å²) in [5.74, 6) is -0.451. The van der Waals surface area contributed by atoms with E-state index in [-0.39, 0.29) is 16.0 Å². The van der Waals surface area contributed by atoms with Crippen molar-refractivity contribution in [1.29, 1.82) is 0 Å². The molecule has 2 aromatic heterocycles. The Morgan fingerprint density at radius 1 is 1.16 bits per heavy atom. The van der Waals surface area contributed by atoms with E-state index in [9.17, 15) is 18.8 Å². The van der Waals surface area contributed by atoms with Crippen LogP contribution in [0.1, 0.15) is 12.5 Å². The lowest BCUT2D eigenvalue weighted by molar-refractivity contribution is -0.116. The number of carbonyl (C=O) groups excluding carboxylic acids is 1. The van der Waals surface area contributed by atoms with Crippen molar-refractivity contribution < 1.29 is 9.18 Å². The molecule has 0 saturated heterocycles. The molecule has 0 saturated carbocycles. The van der Waals surface area contributed by atoms with Gasteiger partial charge in [-0.15, -0.1) is 11.3 Å². The third kappa shape index (κ3) is 4.23. The summed E-state index contributed by atoms with van der Waals surface area (Å²) in [6.45, 7) is 3.44. The lowest BCUT2D eigenvalue weighted by Crippen LogP contribution is -2.40. The number of fused-ring (bicyclic) bond motifs is 1. The monoisotopic (exact) mass is 470 g/mol. The average molecular weight is 471 g/mol. The van der Waals surface area contributed by atoms with Crippen LogP contribution in [0.2, 0.25) is 0 Å². The minimum Gasteiger partial charge on any atom is -0.322 e. The van der Waals surface area contributed by atoms with E-state index in [4.69, 9.17) is 0 Å². The molecule has 4 aromatic rings. The summed E-state index contributed by atoms with van der Waals surface area (Å²) in [6, 6.07) is 12.7. The van der Waals surface area contributed by atoms with Crippen molar-refractivity contribution in [3.05, 3.63) is 80.7 Å². The van der Waals surface area contributed by atoms with Crippen molar-refractivity contribution in [2.75, 3.05) is 11.1 Å². The van der Waals surface area contributed by atoms with Gasteiger partial charge in [0.25, 0.3) is 5.56 Å². The van der Waals surface area contributed by atoms with Gasteiger partial charge < -0.3 is 5.32 Å². The maximum absolute atomic E-state index is 13.9. The highest BCUT2D eigenvalue weighted by Crippen LogP contribution is 2.27. The molecule has 10 heteroatoms. The largest absolute Gasteiger partial charge is 0.337 e. The summed E-state index contributed by atoms with van der Waals surface area (Å²) in [6.07, 6.45) is 0. The first-order chi connectivity index (χ1) is 15.4. The zero-order valence-electron chi connectivity index (χ0n) is 17.3. The van der Waals surface area contributed by atoms with Crippen LogP contribution in [0.15, 0.2) is 62.5 Å². The Kier molecular flexibility index (Phi) is 6.24. The van der Waals surface area contributed by atoms with Crippen LogP contribution >= 0.6 is 23.1 Å². The molecule has 0 spiro atoms. The van der Waals surface area contributed by atoms with Gasteiger partial charge in [0.1, 0.15) is 17.1 Å². The fourth-order valence-corrected chi connectivity index (χ4v) is 5.13. The van der Waals surface area contributed by atoms with Gasteiger partial charge >= 0.3 is 5.69 Å². The van der Waals surface area contributed by atoms with Crippen molar-refractivity contribution >= 4 is 45.0 Å². The van der Waals surface area contributed by atoms with E-state index in [1.165, 1.54) is 41.3 Å². The normalized spacial score (nSPS) is 11.1. The first-order valence-corrected chi connectivity index (χ1v) is 11.6. The lowest BCUT2D eigenvalue weighted by atomic mass is 10.2. The van der Waals surface area contributed by atoms with Crippen LogP contribution in [0.25, 0.3) is 16.0 Å². The molecule has 0 atom stereocenters. The number of amides is 1. The number of para-hydroxylation sites is 1. The summed E-state index contributed by atoms with van der Waals surface area (Å²) < 4.78 is 17.0. The Bertz CT molecular complexity index is 1420. The molecule has 32 heavy (non-hydrogen) atoms. The molecule has 1 N–H and O–H groups in total. The minimum absolute atomic E-state index is 0.00848. The maximum atomic E-state index is 13.9. The number of thioether (sulfide) groups is 1. The van der Waals surface area contributed by atoms with Crippen LogP contribution in [0, 0.1) is 12.7 Å². The van der Waals surface area contributed by atoms with Crippen molar-refractivity contribution in [3.8, 4) is 5.69 Å². The van der Waals surface area contributed by atoms with E-state index < -0.39 is 29.5 Å². The summed E-state index contributed by atoms with van der Waals surface area (Å²) in [7, 11) is 0. The van der Waals surface area contributed by atoms with Gasteiger partial charge in [-0.25, -0.2) is 18.7 Å². The number of halogens is 1. The predicted octanol–water partition coefficient (Wildman–Crippen LogP) is 3.81.